The fourth-order valence-electron chi connectivity index (χ4n) is 2.95. The van der Waals surface area contributed by atoms with Crippen LogP contribution in [0.2, 0.25) is 0 Å². The highest BCUT2D eigenvalue weighted by Gasteiger charge is 2.33. The van der Waals surface area contributed by atoms with Gasteiger partial charge in [0.2, 0.25) is 0 Å². The molecule has 1 fully saturated rings. The number of nitrogens with zero attached hydrogens (tertiary/aromatic N) is 1. The lowest BCUT2D eigenvalue weighted by atomic mass is 9.85. The number of hydrogen-bond donors (Lipinski definition) is 1. The molecule has 0 aliphatic carbocycles. The summed E-state index contributed by atoms with van der Waals surface area (Å²) in [6.45, 7) is 3.39. The van der Waals surface area contributed by atoms with Gasteiger partial charge >= 0.3 is 18.2 Å². The highest BCUT2D eigenvalue weighted by atomic mass is 19.4. The van der Waals surface area contributed by atoms with E-state index in [4.69, 9.17) is 9.47 Å². The zero-order chi connectivity index (χ0) is 22.1. The summed E-state index contributed by atoms with van der Waals surface area (Å²) in [5.41, 5.74) is -1.41. The number of carboxylic acids is 1. The SMILES string of the molecule is CC(C)(C(=O)O)c1cccc(Oc2ccc(C(F)(F)F)cc2CN2CCOC2=O)c1. The van der Waals surface area contributed by atoms with Crippen LogP contribution in [0, 0.1) is 0 Å². The molecule has 1 heterocycles. The first-order valence-electron chi connectivity index (χ1n) is 9.12. The molecular formula is C21H20F3NO5. The highest BCUT2D eigenvalue weighted by molar-refractivity contribution is 5.80. The molecule has 1 saturated heterocycles. The molecule has 3 rings (SSSR count). The van der Waals surface area contributed by atoms with Crippen LogP contribution >= 0.6 is 0 Å². The molecule has 0 aromatic heterocycles. The minimum absolute atomic E-state index is 0.113. The molecule has 1 aliphatic rings. The average Bonchev–Trinajstić information content (AvgIpc) is 3.07. The van der Waals surface area contributed by atoms with Crippen molar-refractivity contribution >= 4 is 12.1 Å². The molecule has 0 unspecified atom stereocenters. The summed E-state index contributed by atoms with van der Waals surface area (Å²) in [6, 6.07) is 9.37. The molecule has 0 radical (unpaired) electrons. The van der Waals surface area contributed by atoms with Crippen molar-refractivity contribution in [2.45, 2.75) is 32.0 Å². The number of cyclic esters (lactones) is 1. The van der Waals surface area contributed by atoms with Crippen LogP contribution in [-0.4, -0.2) is 35.2 Å². The second-order valence-electron chi connectivity index (χ2n) is 7.42. The van der Waals surface area contributed by atoms with E-state index in [2.05, 4.69) is 0 Å². The molecule has 0 spiro atoms. The van der Waals surface area contributed by atoms with Gasteiger partial charge in [0.05, 0.1) is 24.1 Å². The smallest absolute Gasteiger partial charge is 0.416 e. The van der Waals surface area contributed by atoms with E-state index in [1.807, 2.05) is 0 Å². The molecule has 0 bridgehead atoms. The van der Waals surface area contributed by atoms with E-state index in [9.17, 15) is 27.9 Å². The number of amides is 1. The number of ether oxygens (including phenoxy) is 2. The third kappa shape index (κ3) is 4.50. The van der Waals surface area contributed by atoms with Crippen LogP contribution in [0.1, 0.15) is 30.5 Å². The zero-order valence-corrected chi connectivity index (χ0v) is 16.3. The lowest BCUT2D eigenvalue weighted by Crippen LogP contribution is -2.28. The molecule has 30 heavy (non-hydrogen) atoms. The van der Waals surface area contributed by atoms with E-state index in [0.29, 0.717) is 5.56 Å². The number of carbonyl (C=O) groups is 2. The Kier molecular flexibility index (Phi) is 5.65. The first kappa shape index (κ1) is 21.5. The second-order valence-corrected chi connectivity index (χ2v) is 7.42. The van der Waals surface area contributed by atoms with Crippen LogP contribution in [-0.2, 0) is 27.7 Å². The molecule has 1 aliphatic heterocycles. The van der Waals surface area contributed by atoms with Crippen molar-refractivity contribution in [2.24, 2.45) is 0 Å². The Balaban J connectivity index is 1.95. The first-order chi connectivity index (χ1) is 14.0. The van der Waals surface area contributed by atoms with Crippen LogP contribution in [0.25, 0.3) is 0 Å². The third-order valence-electron chi connectivity index (χ3n) is 4.91. The Labute approximate surface area is 170 Å². The molecular weight excluding hydrogens is 403 g/mol. The quantitative estimate of drug-likeness (QED) is 0.722. The van der Waals surface area contributed by atoms with Gasteiger partial charge in [-0.2, -0.15) is 13.2 Å². The number of aliphatic carboxylic acids is 1. The van der Waals surface area contributed by atoms with Crippen molar-refractivity contribution in [3.05, 3.63) is 59.2 Å². The number of benzene rings is 2. The van der Waals surface area contributed by atoms with Crippen molar-refractivity contribution < 1.29 is 37.3 Å². The topological polar surface area (TPSA) is 76.1 Å². The Morgan fingerprint density at radius 1 is 1.17 bits per heavy atom. The predicted octanol–water partition coefficient (Wildman–Crippen LogP) is 4.81. The Morgan fingerprint density at radius 3 is 2.50 bits per heavy atom. The fraction of sp³-hybridized carbons (Fsp3) is 0.333. The summed E-state index contributed by atoms with van der Waals surface area (Å²) in [7, 11) is 0. The van der Waals surface area contributed by atoms with E-state index in [0.717, 1.165) is 12.1 Å². The number of carboxylic acid groups (broad SMARTS) is 1. The largest absolute Gasteiger partial charge is 0.481 e. The van der Waals surface area contributed by atoms with Crippen LogP contribution in [0.4, 0.5) is 18.0 Å². The van der Waals surface area contributed by atoms with Crippen LogP contribution in [0.5, 0.6) is 11.5 Å². The normalized spacial score (nSPS) is 14.6. The summed E-state index contributed by atoms with van der Waals surface area (Å²) in [4.78, 5) is 24.5. The summed E-state index contributed by atoms with van der Waals surface area (Å²) >= 11 is 0. The molecule has 160 valence electrons. The van der Waals surface area contributed by atoms with E-state index in [1.54, 1.807) is 18.2 Å². The maximum absolute atomic E-state index is 13.2. The Morgan fingerprint density at radius 2 is 1.90 bits per heavy atom. The zero-order valence-electron chi connectivity index (χ0n) is 16.3. The monoisotopic (exact) mass is 423 g/mol. The predicted molar refractivity (Wildman–Crippen MR) is 100 cm³/mol. The van der Waals surface area contributed by atoms with E-state index in [1.165, 1.54) is 30.9 Å². The maximum atomic E-state index is 13.2. The van der Waals surface area contributed by atoms with E-state index < -0.39 is 29.2 Å². The van der Waals surface area contributed by atoms with Gasteiger partial charge in [-0.1, -0.05) is 12.1 Å². The molecule has 1 amide bonds. The molecule has 2 aromatic rings. The summed E-state index contributed by atoms with van der Waals surface area (Å²) in [5.74, 6) is -0.623. The van der Waals surface area contributed by atoms with Gasteiger partial charge < -0.3 is 19.5 Å². The summed E-state index contributed by atoms with van der Waals surface area (Å²) in [6.07, 6.45) is -5.16. The lowest BCUT2D eigenvalue weighted by molar-refractivity contribution is -0.142. The molecule has 2 aromatic carbocycles. The maximum Gasteiger partial charge on any atom is 0.416 e. The lowest BCUT2D eigenvalue weighted by Gasteiger charge is -2.21. The van der Waals surface area contributed by atoms with Crippen molar-refractivity contribution in [1.82, 2.24) is 4.90 Å². The number of halogens is 3. The molecule has 6 nitrogen and oxygen atoms in total. The van der Waals surface area contributed by atoms with Gasteiger partial charge in [-0.25, -0.2) is 4.79 Å². The van der Waals surface area contributed by atoms with Gasteiger partial charge in [-0.15, -0.1) is 0 Å². The highest BCUT2D eigenvalue weighted by Crippen LogP contribution is 2.36. The minimum atomic E-state index is -4.55. The fourth-order valence-corrected chi connectivity index (χ4v) is 2.95. The van der Waals surface area contributed by atoms with Crippen molar-refractivity contribution in [1.29, 1.82) is 0 Å². The van der Waals surface area contributed by atoms with Crippen molar-refractivity contribution in [3.8, 4) is 11.5 Å². The Hall–Kier alpha value is -3.23. The van der Waals surface area contributed by atoms with Gasteiger partial charge in [0, 0.05) is 5.56 Å². The van der Waals surface area contributed by atoms with E-state index >= 15 is 0 Å². The van der Waals surface area contributed by atoms with Crippen LogP contribution < -0.4 is 4.74 Å². The number of rotatable bonds is 6. The minimum Gasteiger partial charge on any atom is -0.481 e. The molecule has 0 atom stereocenters. The van der Waals surface area contributed by atoms with Gasteiger partial charge in [0.1, 0.15) is 18.1 Å². The molecule has 0 saturated carbocycles. The van der Waals surface area contributed by atoms with Gasteiger partial charge in [-0.3, -0.25) is 4.79 Å². The van der Waals surface area contributed by atoms with Crippen LogP contribution in [0.15, 0.2) is 42.5 Å². The van der Waals surface area contributed by atoms with Crippen molar-refractivity contribution in [3.63, 3.8) is 0 Å². The number of alkyl halides is 3. The van der Waals surface area contributed by atoms with Gasteiger partial charge in [0.15, 0.2) is 0 Å². The first-order valence-corrected chi connectivity index (χ1v) is 9.12. The molecule has 9 heteroatoms. The third-order valence-corrected chi connectivity index (χ3v) is 4.91. The van der Waals surface area contributed by atoms with Gasteiger partial charge in [-0.05, 0) is 49.7 Å². The standard InChI is InChI=1S/C21H20F3NO5/c1-20(2,18(26)27)14-4-3-5-16(11-14)30-17-7-6-15(21(22,23)24)10-13(17)12-25-8-9-29-19(25)28/h3-7,10-11H,8-9,12H2,1-2H3,(H,26,27). The molecule has 1 N–H and O–H groups in total. The van der Waals surface area contributed by atoms with Gasteiger partial charge in [0.25, 0.3) is 0 Å². The summed E-state index contributed by atoms with van der Waals surface area (Å²) in [5, 5.41) is 9.41. The number of carbonyl (C=O) groups excluding carboxylic acids is 1. The Bertz CT molecular complexity index is 971. The summed E-state index contributed by atoms with van der Waals surface area (Å²) < 4.78 is 50.2. The number of hydrogen-bond acceptors (Lipinski definition) is 4. The second kappa shape index (κ2) is 7.89. The van der Waals surface area contributed by atoms with E-state index in [-0.39, 0.29) is 36.8 Å². The average molecular weight is 423 g/mol. The van der Waals surface area contributed by atoms with Crippen LogP contribution in [0.3, 0.4) is 0 Å². The van der Waals surface area contributed by atoms with Crippen molar-refractivity contribution in [2.75, 3.05) is 13.2 Å².